The number of aromatic amines is 2. The Kier molecular flexibility index (Phi) is 8.94. The van der Waals surface area contributed by atoms with Gasteiger partial charge in [0.25, 0.3) is 0 Å². The minimum Gasteiger partial charge on any atom is -0.331 e. The van der Waals surface area contributed by atoms with Gasteiger partial charge in [-0.3, -0.25) is 18.4 Å². The topological polar surface area (TPSA) is 117 Å². The van der Waals surface area contributed by atoms with Gasteiger partial charge >= 0.3 is 0 Å². The lowest BCUT2D eigenvalue weighted by Gasteiger charge is -1.97. The quantitative estimate of drug-likeness (QED) is 0.313. The van der Waals surface area contributed by atoms with Gasteiger partial charge < -0.3 is 9.97 Å². The van der Waals surface area contributed by atoms with Crippen molar-refractivity contribution in [3.8, 4) is 0 Å². The molecular weight excluding hydrogens is 525 g/mol. The van der Waals surface area contributed by atoms with Gasteiger partial charge in [-0.05, 0) is 48.5 Å². The monoisotopic (exact) mass is 548 g/mol. The third kappa shape index (κ3) is 6.76. The molecule has 2 atom stereocenters. The van der Waals surface area contributed by atoms with Crippen molar-refractivity contribution in [1.29, 1.82) is 0 Å². The van der Waals surface area contributed by atoms with Gasteiger partial charge in [0.05, 0.1) is 66.6 Å². The van der Waals surface area contributed by atoms with Crippen molar-refractivity contribution in [2.45, 2.75) is 21.8 Å². The molecule has 2 N–H and O–H groups in total. The van der Waals surface area contributed by atoms with E-state index >= 15 is 0 Å². The first kappa shape index (κ1) is 26.4. The fraction of sp³-hybridized carbons (Fsp3) is 0.0769. The van der Waals surface area contributed by atoms with E-state index in [1.54, 1.807) is 12.4 Å². The molecule has 11 heteroatoms. The van der Waals surface area contributed by atoms with E-state index in [9.17, 15) is 8.42 Å². The SMILES string of the molecule is O=S(Cc1ccccn1)c1nc2ccccc2[nH]1.O=S(Cc1ccccn1)c1nc2ccccc2[nH]1.S. The van der Waals surface area contributed by atoms with Gasteiger partial charge in [0.1, 0.15) is 0 Å². The van der Waals surface area contributed by atoms with Gasteiger partial charge in [0, 0.05) is 12.4 Å². The molecule has 2 aromatic carbocycles. The van der Waals surface area contributed by atoms with Crippen molar-refractivity contribution in [3.05, 3.63) is 109 Å². The summed E-state index contributed by atoms with van der Waals surface area (Å²) in [5.74, 6) is 0.751. The average molecular weight is 549 g/mol. The van der Waals surface area contributed by atoms with Crippen LogP contribution in [-0.2, 0) is 33.1 Å². The molecule has 0 spiro atoms. The molecule has 188 valence electrons. The number of nitrogens with zero attached hydrogens (tertiary/aromatic N) is 4. The second-order valence-corrected chi connectivity index (χ2v) is 10.5. The number of hydrogen-bond acceptors (Lipinski definition) is 6. The van der Waals surface area contributed by atoms with Crippen LogP contribution in [0.1, 0.15) is 11.4 Å². The van der Waals surface area contributed by atoms with Crippen molar-refractivity contribution in [2.75, 3.05) is 0 Å². The minimum absolute atomic E-state index is 0. The maximum absolute atomic E-state index is 12.2. The summed E-state index contributed by atoms with van der Waals surface area (Å²) < 4.78 is 24.3. The number of imidazole rings is 2. The number of rotatable bonds is 6. The standard InChI is InChI=1S/2C13H11N3OS.H2S/c2*17-18(9-10-5-3-4-8-14-10)13-15-11-6-1-2-7-12(11)16-13;/h2*1-8H,9H2,(H,15,16);1H2. The normalized spacial score (nSPS) is 12.3. The molecule has 0 aliphatic heterocycles. The Morgan fingerprint density at radius 2 is 0.973 bits per heavy atom. The maximum Gasteiger partial charge on any atom is 0.197 e. The Bertz CT molecular complexity index is 1450. The number of para-hydroxylation sites is 4. The van der Waals surface area contributed by atoms with Crippen LogP contribution in [0, 0.1) is 0 Å². The summed E-state index contributed by atoms with van der Waals surface area (Å²) in [6.07, 6.45) is 3.40. The second-order valence-electron chi connectivity index (χ2n) is 7.74. The first-order chi connectivity index (χ1) is 17.7. The molecule has 4 aromatic heterocycles. The zero-order valence-electron chi connectivity index (χ0n) is 19.6. The van der Waals surface area contributed by atoms with Crippen LogP contribution in [0.5, 0.6) is 0 Å². The van der Waals surface area contributed by atoms with Crippen LogP contribution in [0.2, 0.25) is 0 Å². The second kappa shape index (κ2) is 12.5. The Balaban J connectivity index is 0.000000168. The zero-order valence-corrected chi connectivity index (χ0v) is 22.2. The van der Waals surface area contributed by atoms with Gasteiger partial charge in [0.2, 0.25) is 0 Å². The molecule has 6 aromatic rings. The maximum atomic E-state index is 12.2. The van der Waals surface area contributed by atoms with Crippen molar-refractivity contribution < 1.29 is 8.42 Å². The van der Waals surface area contributed by atoms with Crippen LogP contribution in [0.25, 0.3) is 22.1 Å². The Morgan fingerprint density at radius 3 is 1.35 bits per heavy atom. The zero-order chi connectivity index (χ0) is 24.7. The van der Waals surface area contributed by atoms with Crippen LogP contribution in [0.3, 0.4) is 0 Å². The Morgan fingerprint density at radius 1 is 0.568 bits per heavy atom. The molecule has 6 rings (SSSR count). The van der Waals surface area contributed by atoms with Gasteiger partial charge in [-0.2, -0.15) is 13.5 Å². The number of aromatic nitrogens is 6. The molecule has 0 aliphatic carbocycles. The number of H-pyrrole nitrogens is 2. The first-order valence-electron chi connectivity index (χ1n) is 11.1. The summed E-state index contributed by atoms with van der Waals surface area (Å²) in [4.78, 5) is 23.1. The Hall–Kier alpha value is -3.67. The number of fused-ring (bicyclic) bond motifs is 2. The summed E-state index contributed by atoms with van der Waals surface area (Å²) in [5.41, 5.74) is 5.08. The molecule has 0 bridgehead atoms. The summed E-state index contributed by atoms with van der Waals surface area (Å²) in [6, 6.07) is 26.5. The molecule has 0 aliphatic rings. The fourth-order valence-corrected chi connectivity index (χ4v) is 5.45. The number of nitrogens with one attached hydrogen (secondary N) is 2. The fourth-order valence-electron chi connectivity index (χ4n) is 3.45. The predicted molar refractivity (Wildman–Crippen MR) is 151 cm³/mol. The van der Waals surface area contributed by atoms with Crippen LogP contribution in [-0.4, -0.2) is 38.3 Å². The van der Waals surface area contributed by atoms with E-state index in [2.05, 4.69) is 29.9 Å². The molecule has 0 amide bonds. The smallest absolute Gasteiger partial charge is 0.197 e. The number of benzene rings is 2. The van der Waals surface area contributed by atoms with Gasteiger partial charge in [-0.15, -0.1) is 0 Å². The van der Waals surface area contributed by atoms with Crippen LogP contribution < -0.4 is 0 Å². The molecular formula is C26H24N6O2S3. The highest BCUT2D eigenvalue weighted by atomic mass is 32.2. The van der Waals surface area contributed by atoms with Crippen molar-refractivity contribution in [2.24, 2.45) is 0 Å². The van der Waals surface area contributed by atoms with Gasteiger partial charge in [0.15, 0.2) is 10.3 Å². The minimum atomic E-state index is -1.20. The molecule has 2 unspecified atom stereocenters. The Labute approximate surface area is 225 Å². The third-order valence-corrected chi connectivity index (χ3v) is 7.54. The van der Waals surface area contributed by atoms with E-state index in [0.717, 1.165) is 33.5 Å². The van der Waals surface area contributed by atoms with E-state index in [-0.39, 0.29) is 13.5 Å². The van der Waals surface area contributed by atoms with E-state index in [4.69, 9.17) is 0 Å². The first-order valence-corrected chi connectivity index (χ1v) is 13.8. The van der Waals surface area contributed by atoms with E-state index < -0.39 is 21.6 Å². The molecule has 0 radical (unpaired) electrons. The summed E-state index contributed by atoms with van der Waals surface area (Å²) in [6.45, 7) is 0. The molecule has 0 saturated heterocycles. The number of hydrogen-bond donors (Lipinski definition) is 2. The van der Waals surface area contributed by atoms with Crippen LogP contribution >= 0.6 is 13.5 Å². The van der Waals surface area contributed by atoms with Gasteiger partial charge in [-0.25, -0.2) is 9.97 Å². The van der Waals surface area contributed by atoms with E-state index in [1.165, 1.54) is 0 Å². The van der Waals surface area contributed by atoms with Crippen LogP contribution in [0.4, 0.5) is 0 Å². The lowest BCUT2D eigenvalue weighted by molar-refractivity contribution is 0.676. The third-order valence-electron chi connectivity index (χ3n) is 5.18. The highest BCUT2D eigenvalue weighted by Crippen LogP contribution is 2.15. The molecule has 4 heterocycles. The largest absolute Gasteiger partial charge is 0.331 e. The highest BCUT2D eigenvalue weighted by molar-refractivity contribution is 7.84. The molecule has 0 fully saturated rings. The highest BCUT2D eigenvalue weighted by Gasteiger charge is 2.12. The molecule has 8 nitrogen and oxygen atoms in total. The summed E-state index contributed by atoms with van der Waals surface area (Å²) >= 11 is 0. The lowest BCUT2D eigenvalue weighted by Crippen LogP contribution is -1.99. The summed E-state index contributed by atoms with van der Waals surface area (Å²) in [7, 11) is -2.39. The lowest BCUT2D eigenvalue weighted by atomic mass is 10.3. The van der Waals surface area contributed by atoms with E-state index in [1.807, 2.05) is 84.9 Å². The average Bonchev–Trinajstić information content (AvgIpc) is 3.55. The van der Waals surface area contributed by atoms with Crippen molar-refractivity contribution in [1.82, 2.24) is 29.9 Å². The van der Waals surface area contributed by atoms with E-state index in [0.29, 0.717) is 21.8 Å². The van der Waals surface area contributed by atoms with Crippen LogP contribution in [0.15, 0.2) is 108 Å². The number of pyridine rings is 2. The van der Waals surface area contributed by atoms with Crippen molar-refractivity contribution >= 4 is 57.2 Å². The summed E-state index contributed by atoms with van der Waals surface area (Å²) in [5, 5.41) is 1.00. The molecule has 0 saturated carbocycles. The van der Waals surface area contributed by atoms with Gasteiger partial charge in [-0.1, -0.05) is 36.4 Å². The van der Waals surface area contributed by atoms with Crippen molar-refractivity contribution in [3.63, 3.8) is 0 Å². The molecule has 37 heavy (non-hydrogen) atoms. The predicted octanol–water partition coefficient (Wildman–Crippen LogP) is 4.64.